The van der Waals surface area contributed by atoms with Crippen molar-refractivity contribution < 1.29 is 12.8 Å². The number of aromatic nitrogens is 1. The van der Waals surface area contributed by atoms with E-state index in [-0.39, 0.29) is 14.5 Å². The van der Waals surface area contributed by atoms with Crippen LogP contribution in [0.4, 0.5) is 10.2 Å². The van der Waals surface area contributed by atoms with Crippen LogP contribution in [-0.2, 0) is 10.0 Å². The third-order valence-corrected chi connectivity index (χ3v) is 5.14. The van der Waals surface area contributed by atoms with Crippen molar-refractivity contribution in [3.05, 3.63) is 40.1 Å². The van der Waals surface area contributed by atoms with Crippen LogP contribution in [-0.4, -0.2) is 13.4 Å². The molecule has 0 aliphatic carbocycles. The molecule has 0 radical (unpaired) electrons. The van der Waals surface area contributed by atoms with Crippen LogP contribution in [0.1, 0.15) is 0 Å². The zero-order valence-electron chi connectivity index (χ0n) is 8.22. The van der Waals surface area contributed by atoms with Gasteiger partial charge >= 0.3 is 0 Å². The van der Waals surface area contributed by atoms with E-state index in [1.54, 1.807) is 11.4 Å². The molecule has 2 rings (SSSR count). The summed E-state index contributed by atoms with van der Waals surface area (Å²) < 4.78 is 39.2. The standard InChI is InChI=1S/C9H6BrFN2O2S2/c10-7-4-6(11)5-12-9(7)13-17(14,15)8-2-1-3-16-8/h1-5H,(H,12,13). The predicted molar refractivity (Wildman–Crippen MR) is 67.0 cm³/mol. The second-order valence-corrected chi connectivity index (χ2v) is 6.73. The number of anilines is 1. The van der Waals surface area contributed by atoms with Gasteiger partial charge in [0.2, 0.25) is 0 Å². The maximum atomic E-state index is 12.8. The van der Waals surface area contributed by atoms with Gasteiger partial charge in [0.15, 0.2) is 5.82 Å². The number of nitrogens with zero attached hydrogens (tertiary/aromatic N) is 1. The first-order chi connectivity index (χ1) is 7.99. The number of rotatable bonds is 3. The Morgan fingerprint density at radius 1 is 1.47 bits per heavy atom. The number of hydrogen-bond donors (Lipinski definition) is 1. The Bertz CT molecular complexity index is 628. The molecule has 0 spiro atoms. The first-order valence-electron chi connectivity index (χ1n) is 4.36. The molecule has 2 aromatic rings. The van der Waals surface area contributed by atoms with E-state index in [2.05, 4.69) is 25.6 Å². The van der Waals surface area contributed by atoms with Gasteiger partial charge < -0.3 is 0 Å². The summed E-state index contributed by atoms with van der Waals surface area (Å²) in [7, 11) is -3.65. The number of thiophene rings is 1. The number of sulfonamides is 1. The van der Waals surface area contributed by atoms with Crippen molar-refractivity contribution >= 4 is 43.1 Å². The molecule has 4 nitrogen and oxygen atoms in total. The van der Waals surface area contributed by atoms with E-state index < -0.39 is 15.8 Å². The Hall–Kier alpha value is -0.990. The van der Waals surface area contributed by atoms with Gasteiger partial charge in [-0.05, 0) is 33.4 Å². The second kappa shape index (κ2) is 4.71. The molecular weight excluding hydrogens is 331 g/mol. The molecule has 90 valence electrons. The van der Waals surface area contributed by atoms with Crippen molar-refractivity contribution in [1.29, 1.82) is 0 Å². The molecule has 17 heavy (non-hydrogen) atoms. The van der Waals surface area contributed by atoms with Gasteiger partial charge in [0, 0.05) is 0 Å². The highest BCUT2D eigenvalue weighted by Gasteiger charge is 2.17. The lowest BCUT2D eigenvalue weighted by Gasteiger charge is -2.06. The van der Waals surface area contributed by atoms with Crippen LogP contribution in [0, 0.1) is 5.82 Å². The zero-order valence-corrected chi connectivity index (χ0v) is 11.4. The molecule has 0 aliphatic rings. The fourth-order valence-electron chi connectivity index (χ4n) is 1.08. The molecule has 0 atom stereocenters. The molecule has 0 bridgehead atoms. The minimum absolute atomic E-state index is 0.0554. The Morgan fingerprint density at radius 3 is 2.82 bits per heavy atom. The van der Waals surface area contributed by atoms with Gasteiger partial charge in [-0.1, -0.05) is 6.07 Å². The molecule has 0 saturated carbocycles. The number of halogens is 2. The lowest BCUT2D eigenvalue weighted by Crippen LogP contribution is -2.13. The summed E-state index contributed by atoms with van der Waals surface area (Å²) in [6.45, 7) is 0. The summed E-state index contributed by atoms with van der Waals surface area (Å²) in [5.41, 5.74) is 0. The monoisotopic (exact) mass is 336 g/mol. The number of pyridine rings is 1. The Balaban J connectivity index is 2.33. The summed E-state index contributed by atoms with van der Waals surface area (Å²) in [4.78, 5) is 3.67. The van der Waals surface area contributed by atoms with Crippen LogP contribution >= 0.6 is 27.3 Å². The largest absolute Gasteiger partial charge is 0.272 e. The highest BCUT2D eigenvalue weighted by molar-refractivity contribution is 9.10. The Labute approximate surface area is 110 Å². The van der Waals surface area contributed by atoms with Gasteiger partial charge in [0.25, 0.3) is 10.0 Å². The molecule has 8 heteroatoms. The predicted octanol–water partition coefficient (Wildman–Crippen LogP) is 2.85. The van der Waals surface area contributed by atoms with E-state index in [9.17, 15) is 12.8 Å². The minimum atomic E-state index is -3.65. The second-order valence-electron chi connectivity index (χ2n) is 3.02. The average Bonchev–Trinajstić information content (AvgIpc) is 2.76. The summed E-state index contributed by atoms with van der Waals surface area (Å²) in [6, 6.07) is 4.25. The van der Waals surface area contributed by atoms with Gasteiger partial charge in [-0.3, -0.25) is 4.72 Å². The molecular formula is C9H6BrFN2O2S2. The molecule has 0 aliphatic heterocycles. The Morgan fingerprint density at radius 2 is 2.24 bits per heavy atom. The molecule has 0 saturated heterocycles. The van der Waals surface area contributed by atoms with Gasteiger partial charge in [-0.2, -0.15) is 0 Å². The first kappa shape index (κ1) is 12.5. The SMILES string of the molecule is O=S(=O)(Nc1ncc(F)cc1Br)c1cccs1. The van der Waals surface area contributed by atoms with E-state index in [1.807, 2.05) is 0 Å². The van der Waals surface area contributed by atoms with Gasteiger partial charge in [0.05, 0.1) is 10.7 Å². The molecule has 0 aromatic carbocycles. The van der Waals surface area contributed by atoms with E-state index in [0.717, 1.165) is 23.6 Å². The first-order valence-corrected chi connectivity index (χ1v) is 7.52. The topological polar surface area (TPSA) is 59.1 Å². The van der Waals surface area contributed by atoms with Gasteiger partial charge in [0.1, 0.15) is 10.0 Å². The van der Waals surface area contributed by atoms with Crippen LogP contribution in [0.25, 0.3) is 0 Å². The van der Waals surface area contributed by atoms with E-state index in [1.165, 1.54) is 6.07 Å². The Kier molecular flexibility index (Phi) is 3.45. The van der Waals surface area contributed by atoms with E-state index in [0.29, 0.717) is 0 Å². The van der Waals surface area contributed by atoms with E-state index >= 15 is 0 Å². The van der Waals surface area contributed by atoms with Crippen molar-refractivity contribution in [3.8, 4) is 0 Å². The van der Waals surface area contributed by atoms with Crippen LogP contribution in [0.2, 0.25) is 0 Å². The molecule has 0 amide bonds. The highest BCUT2D eigenvalue weighted by Crippen LogP contribution is 2.24. The lowest BCUT2D eigenvalue weighted by atomic mass is 10.4. The van der Waals surface area contributed by atoms with Crippen LogP contribution < -0.4 is 4.72 Å². The van der Waals surface area contributed by atoms with Crippen molar-refractivity contribution in [2.24, 2.45) is 0 Å². The maximum Gasteiger partial charge on any atom is 0.272 e. The lowest BCUT2D eigenvalue weighted by molar-refractivity contribution is 0.602. The van der Waals surface area contributed by atoms with Crippen LogP contribution in [0.5, 0.6) is 0 Å². The summed E-state index contributed by atoms with van der Waals surface area (Å²) >= 11 is 4.13. The molecule has 0 unspecified atom stereocenters. The van der Waals surface area contributed by atoms with Crippen molar-refractivity contribution in [1.82, 2.24) is 4.98 Å². The van der Waals surface area contributed by atoms with Gasteiger partial charge in [-0.25, -0.2) is 17.8 Å². The fourth-order valence-corrected chi connectivity index (χ4v) is 3.66. The number of hydrogen-bond acceptors (Lipinski definition) is 4. The molecule has 2 aromatic heterocycles. The minimum Gasteiger partial charge on any atom is -0.262 e. The highest BCUT2D eigenvalue weighted by atomic mass is 79.9. The van der Waals surface area contributed by atoms with Crippen molar-refractivity contribution in [2.75, 3.05) is 4.72 Å². The number of nitrogens with one attached hydrogen (secondary N) is 1. The van der Waals surface area contributed by atoms with Crippen LogP contribution in [0.15, 0.2) is 38.5 Å². The molecule has 0 fully saturated rings. The van der Waals surface area contributed by atoms with E-state index in [4.69, 9.17) is 0 Å². The van der Waals surface area contributed by atoms with Crippen molar-refractivity contribution in [2.45, 2.75) is 4.21 Å². The summed E-state index contributed by atoms with van der Waals surface area (Å²) in [5, 5.41) is 1.65. The third-order valence-electron chi connectivity index (χ3n) is 1.80. The summed E-state index contributed by atoms with van der Waals surface area (Å²) in [5.74, 6) is -0.490. The maximum absolute atomic E-state index is 12.8. The normalized spacial score (nSPS) is 11.4. The zero-order chi connectivity index (χ0) is 12.5. The fraction of sp³-hybridized carbons (Fsp3) is 0. The average molecular weight is 337 g/mol. The molecule has 1 N–H and O–H groups in total. The smallest absolute Gasteiger partial charge is 0.262 e. The van der Waals surface area contributed by atoms with Crippen LogP contribution in [0.3, 0.4) is 0 Å². The molecule has 2 heterocycles. The van der Waals surface area contributed by atoms with Crippen molar-refractivity contribution in [3.63, 3.8) is 0 Å². The third kappa shape index (κ3) is 2.82. The van der Waals surface area contributed by atoms with Gasteiger partial charge in [-0.15, -0.1) is 11.3 Å². The quantitative estimate of drug-likeness (QED) is 0.937. The summed E-state index contributed by atoms with van der Waals surface area (Å²) in [6.07, 6.45) is 0.942.